The first-order chi connectivity index (χ1) is 9.06. The summed E-state index contributed by atoms with van der Waals surface area (Å²) in [5, 5.41) is 3.95. The molecule has 0 aliphatic carbocycles. The van der Waals surface area contributed by atoms with Crippen LogP contribution < -0.4 is 10.2 Å². The van der Waals surface area contributed by atoms with Gasteiger partial charge in [0.1, 0.15) is 0 Å². The predicted molar refractivity (Wildman–Crippen MR) is 79.1 cm³/mol. The van der Waals surface area contributed by atoms with Crippen LogP contribution in [0.2, 0.25) is 10.0 Å². The van der Waals surface area contributed by atoms with Crippen LogP contribution >= 0.6 is 23.2 Å². The number of hydrogen-bond donors (Lipinski definition) is 2. The Labute approximate surface area is 123 Å². The topological polar surface area (TPSA) is 33.5 Å². The minimum Gasteiger partial charge on any atom is -0.325 e. The molecule has 1 heterocycles. The minimum atomic E-state index is -0.0435. The number of carbonyl (C=O) groups is 1. The number of benzene rings is 1. The van der Waals surface area contributed by atoms with Crippen molar-refractivity contribution in [2.75, 3.05) is 18.4 Å². The van der Waals surface area contributed by atoms with Gasteiger partial charge in [-0.1, -0.05) is 23.2 Å². The van der Waals surface area contributed by atoms with Crippen molar-refractivity contribution in [3.8, 4) is 0 Å². The Bertz CT molecular complexity index is 439. The third-order valence-electron chi connectivity index (χ3n) is 3.63. The molecule has 1 aromatic carbocycles. The highest BCUT2D eigenvalue weighted by atomic mass is 35.5. The maximum atomic E-state index is 12.2. The average molecular weight is 302 g/mol. The fourth-order valence-corrected chi connectivity index (χ4v) is 3.03. The Morgan fingerprint density at radius 3 is 2.32 bits per heavy atom. The molecule has 0 bridgehead atoms. The van der Waals surface area contributed by atoms with E-state index in [2.05, 4.69) is 5.32 Å². The molecule has 0 aromatic heterocycles. The molecule has 1 fully saturated rings. The fourth-order valence-electron chi connectivity index (χ4n) is 2.50. The Hall–Kier alpha value is -0.770. The van der Waals surface area contributed by atoms with Crippen LogP contribution in [0.15, 0.2) is 18.2 Å². The van der Waals surface area contributed by atoms with Crippen LogP contribution in [0.3, 0.4) is 0 Å². The monoisotopic (exact) mass is 301 g/mol. The molecule has 1 aliphatic heterocycles. The SMILES string of the molecule is C[C@H](C(=O)Nc1cc(Cl)cc(Cl)c1)[NH+]1CCCCC1. The van der Waals surface area contributed by atoms with Crippen molar-refractivity contribution in [2.24, 2.45) is 0 Å². The molecule has 104 valence electrons. The summed E-state index contributed by atoms with van der Waals surface area (Å²) in [5.74, 6) is 0.0234. The molecular weight excluding hydrogens is 283 g/mol. The Morgan fingerprint density at radius 2 is 1.74 bits per heavy atom. The maximum absolute atomic E-state index is 12.2. The lowest BCUT2D eigenvalue weighted by Gasteiger charge is -2.28. The highest BCUT2D eigenvalue weighted by Crippen LogP contribution is 2.22. The molecule has 1 atom stereocenters. The smallest absolute Gasteiger partial charge is 0.282 e. The third-order valence-corrected chi connectivity index (χ3v) is 4.07. The summed E-state index contributed by atoms with van der Waals surface area (Å²) in [6.45, 7) is 4.12. The molecule has 5 heteroatoms. The van der Waals surface area contributed by atoms with Crippen LogP contribution in [0, 0.1) is 0 Å². The predicted octanol–water partition coefficient (Wildman–Crippen LogP) is 2.39. The second kappa shape index (κ2) is 6.60. The zero-order valence-corrected chi connectivity index (χ0v) is 12.5. The normalized spacial score (nSPS) is 18.1. The van der Waals surface area contributed by atoms with Gasteiger partial charge < -0.3 is 10.2 Å². The lowest BCUT2D eigenvalue weighted by atomic mass is 10.1. The van der Waals surface area contributed by atoms with Crippen LogP contribution in [0.25, 0.3) is 0 Å². The van der Waals surface area contributed by atoms with Gasteiger partial charge in [0.05, 0.1) is 13.1 Å². The highest BCUT2D eigenvalue weighted by Gasteiger charge is 2.26. The van der Waals surface area contributed by atoms with Crippen LogP contribution in [0.5, 0.6) is 0 Å². The summed E-state index contributed by atoms with van der Waals surface area (Å²) < 4.78 is 0. The summed E-state index contributed by atoms with van der Waals surface area (Å²) >= 11 is 11.8. The van der Waals surface area contributed by atoms with Gasteiger partial charge in [0, 0.05) is 15.7 Å². The van der Waals surface area contributed by atoms with Gasteiger partial charge in [-0.05, 0) is 44.4 Å². The number of likely N-dealkylation sites (tertiary alicyclic amines) is 1. The van der Waals surface area contributed by atoms with Gasteiger partial charge in [0.25, 0.3) is 5.91 Å². The molecule has 0 spiro atoms. The van der Waals surface area contributed by atoms with Gasteiger partial charge in [0.15, 0.2) is 6.04 Å². The van der Waals surface area contributed by atoms with E-state index in [-0.39, 0.29) is 11.9 Å². The molecule has 1 aromatic rings. The van der Waals surface area contributed by atoms with Gasteiger partial charge in [-0.3, -0.25) is 4.79 Å². The largest absolute Gasteiger partial charge is 0.325 e. The van der Waals surface area contributed by atoms with E-state index in [1.54, 1.807) is 18.2 Å². The summed E-state index contributed by atoms with van der Waals surface area (Å²) in [6.07, 6.45) is 3.69. The molecule has 0 radical (unpaired) electrons. The lowest BCUT2D eigenvalue weighted by Crippen LogP contribution is -3.17. The number of nitrogens with one attached hydrogen (secondary N) is 2. The second-order valence-corrected chi connectivity index (χ2v) is 5.96. The standard InChI is InChI=1S/C14H18Cl2N2O/c1-10(18-5-3-2-4-6-18)14(19)17-13-8-11(15)7-12(16)9-13/h7-10H,2-6H2,1H3,(H,17,19)/p+1/t10-/m1/s1. The van der Waals surface area contributed by atoms with Gasteiger partial charge >= 0.3 is 0 Å². The zero-order chi connectivity index (χ0) is 13.8. The summed E-state index contributed by atoms with van der Waals surface area (Å²) in [4.78, 5) is 13.6. The number of carbonyl (C=O) groups excluding carboxylic acids is 1. The van der Waals surface area contributed by atoms with Gasteiger partial charge in [-0.15, -0.1) is 0 Å². The maximum Gasteiger partial charge on any atom is 0.282 e. The molecule has 1 aliphatic rings. The summed E-state index contributed by atoms with van der Waals surface area (Å²) in [7, 11) is 0. The van der Waals surface area contributed by atoms with Crippen LogP contribution in [-0.2, 0) is 4.79 Å². The van der Waals surface area contributed by atoms with E-state index in [0.29, 0.717) is 15.7 Å². The van der Waals surface area contributed by atoms with Crippen molar-refractivity contribution in [3.05, 3.63) is 28.2 Å². The Balaban J connectivity index is 1.99. The van der Waals surface area contributed by atoms with E-state index < -0.39 is 0 Å². The fraction of sp³-hybridized carbons (Fsp3) is 0.500. The third kappa shape index (κ3) is 4.10. The number of quaternary nitrogens is 1. The van der Waals surface area contributed by atoms with Crippen molar-refractivity contribution in [3.63, 3.8) is 0 Å². The first kappa shape index (κ1) is 14.6. The molecule has 19 heavy (non-hydrogen) atoms. The molecule has 0 unspecified atom stereocenters. The highest BCUT2D eigenvalue weighted by molar-refractivity contribution is 6.35. The molecular formula is C14H19Cl2N2O+. The zero-order valence-electron chi connectivity index (χ0n) is 11.0. The number of hydrogen-bond acceptors (Lipinski definition) is 1. The second-order valence-electron chi connectivity index (χ2n) is 5.09. The number of rotatable bonds is 3. The van der Waals surface area contributed by atoms with E-state index in [1.807, 2.05) is 6.92 Å². The molecule has 2 N–H and O–H groups in total. The first-order valence-corrected chi connectivity index (χ1v) is 7.43. The van der Waals surface area contributed by atoms with Gasteiger partial charge in [0.2, 0.25) is 0 Å². The number of amides is 1. The minimum absolute atomic E-state index is 0.0234. The van der Waals surface area contributed by atoms with Crippen molar-refractivity contribution >= 4 is 34.8 Å². The first-order valence-electron chi connectivity index (χ1n) is 6.68. The Kier molecular flexibility index (Phi) is 5.08. The van der Waals surface area contributed by atoms with E-state index >= 15 is 0 Å². The quantitative estimate of drug-likeness (QED) is 0.883. The molecule has 3 nitrogen and oxygen atoms in total. The molecule has 2 rings (SSSR count). The average Bonchev–Trinajstić information content (AvgIpc) is 2.37. The van der Waals surface area contributed by atoms with Crippen LogP contribution in [0.4, 0.5) is 5.69 Å². The lowest BCUT2D eigenvalue weighted by molar-refractivity contribution is -0.918. The van der Waals surface area contributed by atoms with Crippen LogP contribution in [-0.4, -0.2) is 25.0 Å². The van der Waals surface area contributed by atoms with E-state index in [1.165, 1.54) is 24.2 Å². The molecule has 1 amide bonds. The van der Waals surface area contributed by atoms with E-state index in [4.69, 9.17) is 23.2 Å². The summed E-state index contributed by atoms with van der Waals surface area (Å²) in [6, 6.07) is 5.03. The van der Waals surface area contributed by atoms with Crippen LogP contribution in [0.1, 0.15) is 26.2 Å². The number of piperidine rings is 1. The van der Waals surface area contributed by atoms with E-state index in [9.17, 15) is 4.79 Å². The molecule has 1 saturated heterocycles. The Morgan fingerprint density at radius 1 is 1.16 bits per heavy atom. The van der Waals surface area contributed by atoms with Crippen molar-refractivity contribution in [1.82, 2.24) is 0 Å². The van der Waals surface area contributed by atoms with E-state index in [0.717, 1.165) is 13.1 Å². The van der Waals surface area contributed by atoms with Gasteiger partial charge in [-0.2, -0.15) is 0 Å². The van der Waals surface area contributed by atoms with Crippen molar-refractivity contribution in [2.45, 2.75) is 32.2 Å². The van der Waals surface area contributed by atoms with Crippen molar-refractivity contribution in [1.29, 1.82) is 0 Å². The molecule has 0 saturated carbocycles. The number of anilines is 1. The summed E-state index contributed by atoms with van der Waals surface area (Å²) in [5.41, 5.74) is 0.658. The number of halogens is 2. The van der Waals surface area contributed by atoms with Crippen molar-refractivity contribution < 1.29 is 9.69 Å². The van der Waals surface area contributed by atoms with Gasteiger partial charge in [-0.25, -0.2) is 0 Å².